The van der Waals surface area contributed by atoms with Gasteiger partial charge in [-0.3, -0.25) is 0 Å². The highest BCUT2D eigenvalue weighted by Crippen LogP contribution is 2.46. The van der Waals surface area contributed by atoms with Gasteiger partial charge in [0, 0.05) is 0 Å². The number of hydrogen-bond donors (Lipinski definition) is 2. The summed E-state index contributed by atoms with van der Waals surface area (Å²) in [6, 6.07) is 7.32. The van der Waals surface area contributed by atoms with Crippen LogP contribution in [0.4, 0.5) is 0 Å². The van der Waals surface area contributed by atoms with E-state index in [1.54, 1.807) is 12.1 Å². The smallest absolute Gasteiger partial charge is 0.417 e. The number of rotatable bonds is 10. The van der Waals surface area contributed by atoms with Gasteiger partial charge in [-0.2, -0.15) is 0 Å². The molecule has 3 nitrogen and oxygen atoms in total. The molecule has 1 atom stereocenters. The zero-order chi connectivity index (χ0) is 14.8. The van der Waals surface area contributed by atoms with Gasteiger partial charge in [0.25, 0.3) is 0 Å². The summed E-state index contributed by atoms with van der Waals surface area (Å²) in [5, 5.41) is 0. The molecule has 0 aliphatic heterocycles. The Hall–Kier alpha value is -0.440. The van der Waals surface area contributed by atoms with E-state index in [1.807, 2.05) is 12.1 Å². The van der Waals surface area contributed by atoms with Crippen LogP contribution in [0.25, 0.3) is 0 Å². The van der Waals surface area contributed by atoms with Gasteiger partial charge in [0.15, 0.2) is 0 Å². The van der Waals surface area contributed by atoms with Crippen molar-refractivity contribution in [2.45, 2.75) is 58.3 Å². The van der Waals surface area contributed by atoms with E-state index < -0.39 is 6.80 Å². The maximum atomic E-state index is 11.0. The lowest BCUT2D eigenvalue weighted by Crippen LogP contribution is -1.89. The second kappa shape index (κ2) is 9.49. The highest BCUT2D eigenvalue weighted by molar-refractivity contribution is 8.44. The Kier molecular flexibility index (Phi) is 8.35. The summed E-state index contributed by atoms with van der Waals surface area (Å²) >= 11 is 3.48. The fraction of sp³-hybridized carbons (Fsp3) is 0.600. The second-order valence-electron chi connectivity index (χ2n) is 5.10. The second-order valence-corrected chi connectivity index (χ2v) is 7.78. The molecular formula is C15H25O3PS. The first-order valence-electron chi connectivity index (χ1n) is 7.35. The largest absolute Gasteiger partial charge is 0.434 e. The van der Waals surface area contributed by atoms with Gasteiger partial charge in [0.2, 0.25) is 0 Å². The highest BCUT2D eigenvalue weighted by atomic mass is 32.7. The topological polar surface area (TPSA) is 46.5 Å². The average molecular weight is 316 g/mol. The van der Waals surface area contributed by atoms with Crippen molar-refractivity contribution < 1.29 is 14.0 Å². The minimum atomic E-state index is -3.75. The quantitative estimate of drug-likeness (QED) is 0.346. The van der Waals surface area contributed by atoms with Crippen molar-refractivity contribution in [3.63, 3.8) is 0 Å². The first-order valence-corrected chi connectivity index (χ1v) is 10.1. The predicted molar refractivity (Wildman–Crippen MR) is 87.6 cm³/mol. The molecule has 5 heteroatoms. The Balaban J connectivity index is 2.20. The zero-order valence-electron chi connectivity index (χ0n) is 12.1. The molecule has 0 heterocycles. The molecule has 0 amide bonds. The molecule has 0 saturated carbocycles. The standard InChI is InChI=1S/C15H25O3PS/c1-2-3-4-5-6-7-8-9-14-10-12-15(13-11-14)18-19(16,17)20/h10-13H,2-9H2,1H3,(H2,16,17,20). The summed E-state index contributed by atoms with van der Waals surface area (Å²) in [4.78, 5) is 9.00. The van der Waals surface area contributed by atoms with Gasteiger partial charge in [-0.05, 0) is 42.8 Å². The van der Waals surface area contributed by atoms with Crippen LogP contribution in [0.2, 0.25) is 0 Å². The molecule has 1 aromatic carbocycles. The van der Waals surface area contributed by atoms with E-state index in [9.17, 15) is 4.57 Å². The van der Waals surface area contributed by atoms with E-state index in [1.165, 1.54) is 50.5 Å². The van der Waals surface area contributed by atoms with Crippen LogP contribution < -0.4 is 4.52 Å². The van der Waals surface area contributed by atoms with E-state index in [0.29, 0.717) is 5.75 Å². The minimum Gasteiger partial charge on any atom is -0.417 e. The number of hydrogen-bond acceptors (Lipinski definition) is 2. The monoisotopic (exact) mass is 316 g/mol. The van der Waals surface area contributed by atoms with Crippen molar-refractivity contribution >= 4 is 19.0 Å². The molecular weight excluding hydrogens is 291 g/mol. The number of thiol groups is 1. The van der Waals surface area contributed by atoms with Crippen molar-refractivity contribution in [3.05, 3.63) is 29.8 Å². The molecule has 20 heavy (non-hydrogen) atoms. The SMILES string of the molecule is CCCCCCCCCc1ccc(OP(=O)(O)S)cc1. The highest BCUT2D eigenvalue weighted by Gasteiger charge is 2.12. The molecule has 0 fully saturated rings. The Morgan fingerprint density at radius 1 is 1.05 bits per heavy atom. The molecule has 0 aliphatic carbocycles. The van der Waals surface area contributed by atoms with Crippen LogP contribution in [0.5, 0.6) is 5.75 Å². The predicted octanol–water partition coefficient (Wildman–Crippen LogP) is 5.39. The lowest BCUT2D eigenvalue weighted by molar-refractivity contribution is 0.403. The van der Waals surface area contributed by atoms with Gasteiger partial charge in [0.05, 0.1) is 0 Å². The number of aryl methyl sites for hydroxylation is 1. The molecule has 0 saturated heterocycles. The summed E-state index contributed by atoms with van der Waals surface area (Å²) in [6.07, 6.45) is 10.2. The third-order valence-corrected chi connectivity index (χ3v) is 3.91. The Morgan fingerprint density at radius 2 is 1.60 bits per heavy atom. The van der Waals surface area contributed by atoms with E-state index in [0.717, 1.165) is 6.42 Å². The van der Waals surface area contributed by atoms with Gasteiger partial charge in [-0.25, -0.2) is 4.57 Å². The third-order valence-electron chi connectivity index (χ3n) is 3.22. The number of unbranched alkanes of at least 4 members (excludes halogenated alkanes) is 6. The Morgan fingerprint density at radius 3 is 2.15 bits per heavy atom. The minimum absolute atomic E-state index is 0.383. The van der Waals surface area contributed by atoms with Crippen molar-refractivity contribution in [1.82, 2.24) is 0 Å². The molecule has 1 N–H and O–H groups in total. The van der Waals surface area contributed by atoms with Crippen molar-refractivity contribution in [2.75, 3.05) is 0 Å². The van der Waals surface area contributed by atoms with E-state index in [-0.39, 0.29) is 0 Å². The van der Waals surface area contributed by atoms with Gasteiger partial charge in [-0.15, -0.1) is 0 Å². The molecule has 1 unspecified atom stereocenters. The van der Waals surface area contributed by atoms with Gasteiger partial charge in [0.1, 0.15) is 5.75 Å². The van der Waals surface area contributed by atoms with Crippen LogP contribution in [0.3, 0.4) is 0 Å². The lowest BCUT2D eigenvalue weighted by Gasteiger charge is -2.08. The maximum Gasteiger partial charge on any atom is 0.434 e. The van der Waals surface area contributed by atoms with Crippen LogP contribution in [0, 0.1) is 0 Å². The van der Waals surface area contributed by atoms with Crippen LogP contribution >= 0.6 is 19.0 Å². The molecule has 1 aromatic rings. The summed E-state index contributed by atoms with van der Waals surface area (Å²) in [5.74, 6) is 0.383. The molecule has 0 spiro atoms. The van der Waals surface area contributed by atoms with Crippen LogP contribution in [0.1, 0.15) is 57.4 Å². The maximum absolute atomic E-state index is 11.0. The molecule has 0 bridgehead atoms. The number of benzene rings is 1. The average Bonchev–Trinajstić information content (AvgIpc) is 2.38. The lowest BCUT2D eigenvalue weighted by atomic mass is 10.0. The summed E-state index contributed by atoms with van der Waals surface area (Å²) in [5.41, 5.74) is 1.23. The van der Waals surface area contributed by atoms with E-state index in [2.05, 4.69) is 19.2 Å². The zero-order valence-corrected chi connectivity index (χ0v) is 13.9. The molecule has 114 valence electrons. The van der Waals surface area contributed by atoms with Gasteiger partial charge in [-0.1, -0.05) is 57.6 Å². The molecule has 0 radical (unpaired) electrons. The van der Waals surface area contributed by atoms with Crippen molar-refractivity contribution in [1.29, 1.82) is 0 Å². The Bertz CT molecular complexity index is 414. The Labute approximate surface area is 127 Å². The molecule has 0 aromatic heterocycles. The molecule has 0 aliphatic rings. The van der Waals surface area contributed by atoms with Crippen LogP contribution in [-0.4, -0.2) is 4.89 Å². The van der Waals surface area contributed by atoms with E-state index >= 15 is 0 Å². The summed E-state index contributed by atoms with van der Waals surface area (Å²) in [6.45, 7) is -1.52. The van der Waals surface area contributed by atoms with Crippen molar-refractivity contribution in [3.8, 4) is 5.75 Å². The van der Waals surface area contributed by atoms with Gasteiger partial charge < -0.3 is 9.42 Å². The van der Waals surface area contributed by atoms with Crippen LogP contribution in [0.15, 0.2) is 24.3 Å². The third kappa shape index (κ3) is 8.68. The normalized spacial score (nSPS) is 13.9. The van der Waals surface area contributed by atoms with Crippen LogP contribution in [-0.2, 0) is 11.0 Å². The summed E-state index contributed by atoms with van der Waals surface area (Å²) < 4.78 is 15.8. The van der Waals surface area contributed by atoms with Gasteiger partial charge >= 0.3 is 6.80 Å². The van der Waals surface area contributed by atoms with E-state index in [4.69, 9.17) is 9.42 Å². The van der Waals surface area contributed by atoms with Crippen molar-refractivity contribution in [2.24, 2.45) is 0 Å². The fourth-order valence-corrected chi connectivity index (χ4v) is 2.82. The first-order chi connectivity index (χ1) is 9.51. The molecule has 1 rings (SSSR count). The first kappa shape index (κ1) is 17.6. The summed E-state index contributed by atoms with van der Waals surface area (Å²) in [7, 11) is 0. The fourth-order valence-electron chi connectivity index (χ4n) is 2.14.